The maximum atomic E-state index is 13.8. The molecule has 9 N–H and O–H groups in total. The number of anilines is 1. The highest BCUT2D eigenvalue weighted by atomic mass is 32.1. The van der Waals surface area contributed by atoms with Crippen LogP contribution in [0.5, 0.6) is 5.75 Å². The Bertz CT molecular complexity index is 1320. The molecule has 2 aliphatic carbocycles. The van der Waals surface area contributed by atoms with Gasteiger partial charge in [0, 0.05) is 28.7 Å². The van der Waals surface area contributed by atoms with Crippen molar-refractivity contribution in [2.75, 3.05) is 5.73 Å². The SMILES string of the molecule is CC(C)Oc1ccc(C2(N)C(=O)C(N)c3c(C(=O)N[C@@H]4CCC[C@@H]4N)sc4c(N)ccc2c34)cc1. The van der Waals surface area contributed by atoms with E-state index in [1.165, 1.54) is 11.3 Å². The van der Waals surface area contributed by atoms with Crippen LogP contribution in [0.1, 0.15) is 65.5 Å². The zero-order valence-electron chi connectivity index (χ0n) is 19.8. The van der Waals surface area contributed by atoms with E-state index >= 15 is 0 Å². The van der Waals surface area contributed by atoms with Crippen molar-refractivity contribution in [2.45, 2.75) is 62.9 Å². The number of rotatable bonds is 5. The number of thiophene rings is 1. The summed E-state index contributed by atoms with van der Waals surface area (Å²) >= 11 is 1.25. The van der Waals surface area contributed by atoms with Gasteiger partial charge in [0.2, 0.25) is 0 Å². The average molecular weight is 494 g/mol. The highest BCUT2D eigenvalue weighted by molar-refractivity contribution is 7.21. The zero-order valence-corrected chi connectivity index (χ0v) is 20.7. The second-order valence-corrected chi connectivity index (χ2v) is 10.8. The molecule has 4 atom stereocenters. The van der Waals surface area contributed by atoms with Crippen LogP contribution < -0.4 is 33.0 Å². The van der Waals surface area contributed by atoms with E-state index in [-0.39, 0.29) is 29.9 Å². The first-order chi connectivity index (χ1) is 16.6. The van der Waals surface area contributed by atoms with Crippen molar-refractivity contribution in [3.05, 3.63) is 58.0 Å². The summed E-state index contributed by atoms with van der Waals surface area (Å²) in [5.74, 6) is 0.0261. The van der Waals surface area contributed by atoms with Gasteiger partial charge < -0.3 is 33.0 Å². The molecule has 35 heavy (non-hydrogen) atoms. The number of hydrogen-bond donors (Lipinski definition) is 5. The predicted molar refractivity (Wildman–Crippen MR) is 138 cm³/mol. The van der Waals surface area contributed by atoms with E-state index in [1.54, 1.807) is 36.4 Å². The van der Waals surface area contributed by atoms with Gasteiger partial charge >= 0.3 is 0 Å². The summed E-state index contributed by atoms with van der Waals surface area (Å²) in [6, 6.07) is 9.40. The monoisotopic (exact) mass is 493 g/mol. The maximum absolute atomic E-state index is 13.8. The number of carbonyl (C=O) groups excluding carboxylic acids is 2. The van der Waals surface area contributed by atoms with E-state index in [1.807, 2.05) is 13.8 Å². The first-order valence-corrected chi connectivity index (χ1v) is 12.7. The van der Waals surface area contributed by atoms with Crippen molar-refractivity contribution in [2.24, 2.45) is 17.2 Å². The fourth-order valence-electron chi connectivity index (χ4n) is 5.32. The molecule has 1 fully saturated rings. The molecule has 5 rings (SSSR count). The number of benzene rings is 2. The minimum atomic E-state index is -1.49. The number of carbonyl (C=O) groups is 2. The molecule has 2 aromatic carbocycles. The van der Waals surface area contributed by atoms with Gasteiger partial charge in [-0.05, 0) is 62.4 Å². The van der Waals surface area contributed by atoms with Gasteiger partial charge in [-0.15, -0.1) is 11.3 Å². The molecule has 0 bridgehead atoms. The summed E-state index contributed by atoms with van der Waals surface area (Å²) in [5, 5.41) is 3.73. The van der Waals surface area contributed by atoms with Crippen molar-refractivity contribution >= 4 is 38.8 Å². The molecular weight excluding hydrogens is 462 g/mol. The molecule has 1 saturated carbocycles. The smallest absolute Gasteiger partial charge is 0.262 e. The van der Waals surface area contributed by atoms with Crippen LogP contribution in [0.15, 0.2) is 36.4 Å². The quantitative estimate of drug-likeness (QED) is 0.342. The summed E-state index contributed by atoms with van der Waals surface area (Å²) < 4.78 is 6.44. The number of amides is 1. The second kappa shape index (κ2) is 8.60. The van der Waals surface area contributed by atoms with Gasteiger partial charge in [-0.25, -0.2) is 0 Å². The largest absolute Gasteiger partial charge is 0.491 e. The molecule has 2 aliphatic rings. The molecule has 3 aromatic rings. The van der Waals surface area contributed by atoms with Gasteiger partial charge in [0.25, 0.3) is 5.91 Å². The molecule has 1 aromatic heterocycles. The van der Waals surface area contributed by atoms with Crippen LogP contribution in [0, 0.1) is 0 Å². The summed E-state index contributed by atoms with van der Waals surface area (Å²) in [5.41, 5.74) is 26.6. The highest BCUT2D eigenvalue weighted by Gasteiger charge is 2.48. The van der Waals surface area contributed by atoms with Gasteiger partial charge in [0.15, 0.2) is 5.78 Å². The first kappa shape index (κ1) is 23.7. The Morgan fingerprint density at radius 3 is 2.49 bits per heavy atom. The van der Waals surface area contributed by atoms with Crippen LogP contribution in [-0.2, 0) is 10.3 Å². The maximum Gasteiger partial charge on any atom is 0.262 e. The van der Waals surface area contributed by atoms with Crippen LogP contribution in [0.25, 0.3) is 10.1 Å². The first-order valence-electron chi connectivity index (χ1n) is 11.9. The predicted octanol–water partition coefficient (Wildman–Crippen LogP) is 2.67. The third kappa shape index (κ3) is 3.70. The molecule has 2 unspecified atom stereocenters. The lowest BCUT2D eigenvalue weighted by Gasteiger charge is -2.36. The van der Waals surface area contributed by atoms with E-state index in [0.717, 1.165) is 19.3 Å². The number of nitrogens with one attached hydrogen (secondary N) is 1. The van der Waals surface area contributed by atoms with E-state index in [4.69, 9.17) is 27.7 Å². The summed E-state index contributed by atoms with van der Waals surface area (Å²) in [6.07, 6.45) is 2.69. The van der Waals surface area contributed by atoms with Gasteiger partial charge in [-0.2, -0.15) is 0 Å². The van der Waals surface area contributed by atoms with Crippen LogP contribution >= 0.6 is 11.3 Å². The Balaban J connectivity index is 1.64. The molecule has 0 radical (unpaired) electrons. The lowest BCUT2D eigenvalue weighted by molar-refractivity contribution is -0.124. The molecule has 184 valence electrons. The van der Waals surface area contributed by atoms with Crippen molar-refractivity contribution in [1.82, 2.24) is 5.32 Å². The molecule has 0 spiro atoms. The standard InChI is InChI=1S/C26H31N5O3S/c1-12(2)34-14-8-6-13(7-9-14)26(30)15-10-11-17(28)22-19(15)20(21(29)24(26)32)23(35-22)25(33)31-18-5-3-4-16(18)27/h6-12,16,18,21H,3-5,27-30H2,1-2H3,(H,31,33)/t16-,18+,21?,26?/m0/s1. The topological polar surface area (TPSA) is 159 Å². The van der Waals surface area contributed by atoms with Crippen LogP contribution in [0.4, 0.5) is 5.69 Å². The van der Waals surface area contributed by atoms with Crippen molar-refractivity contribution in [3.63, 3.8) is 0 Å². The number of ketones is 1. The minimum absolute atomic E-state index is 0.0193. The number of Topliss-reactive ketones (excluding diaryl/α,β-unsaturated/α-hetero) is 1. The van der Waals surface area contributed by atoms with Crippen molar-refractivity contribution in [3.8, 4) is 5.75 Å². The molecule has 0 saturated heterocycles. The van der Waals surface area contributed by atoms with Gasteiger partial charge in [0.1, 0.15) is 11.3 Å². The number of ether oxygens (including phenoxy) is 1. The van der Waals surface area contributed by atoms with E-state index in [0.29, 0.717) is 43.1 Å². The fourth-order valence-corrected chi connectivity index (χ4v) is 6.52. The van der Waals surface area contributed by atoms with Crippen molar-refractivity contribution in [1.29, 1.82) is 0 Å². The van der Waals surface area contributed by atoms with Gasteiger partial charge in [0.05, 0.1) is 21.7 Å². The Kier molecular flexibility index (Phi) is 5.83. The molecule has 1 heterocycles. The van der Waals surface area contributed by atoms with E-state index in [9.17, 15) is 9.59 Å². The van der Waals surface area contributed by atoms with Crippen LogP contribution in [-0.4, -0.2) is 29.9 Å². The highest BCUT2D eigenvalue weighted by Crippen LogP contribution is 2.49. The third-order valence-electron chi connectivity index (χ3n) is 7.09. The zero-order chi connectivity index (χ0) is 25.1. The van der Waals surface area contributed by atoms with E-state index < -0.39 is 11.6 Å². The van der Waals surface area contributed by atoms with E-state index in [2.05, 4.69) is 5.32 Å². The molecule has 8 nitrogen and oxygen atoms in total. The summed E-state index contributed by atoms with van der Waals surface area (Å²) in [6.45, 7) is 3.89. The summed E-state index contributed by atoms with van der Waals surface area (Å²) in [4.78, 5) is 27.5. The molecule has 1 amide bonds. The normalized spacial score (nSPS) is 25.9. The van der Waals surface area contributed by atoms with Crippen molar-refractivity contribution < 1.29 is 14.3 Å². The van der Waals surface area contributed by atoms with Gasteiger partial charge in [-0.3, -0.25) is 9.59 Å². The number of nitrogens with two attached hydrogens (primary N) is 4. The van der Waals surface area contributed by atoms with Crippen LogP contribution in [0.3, 0.4) is 0 Å². The second-order valence-electron chi connectivity index (χ2n) is 9.77. The number of hydrogen-bond acceptors (Lipinski definition) is 8. The van der Waals surface area contributed by atoms with Crippen LogP contribution in [0.2, 0.25) is 0 Å². The molecule has 0 aliphatic heterocycles. The Morgan fingerprint density at radius 1 is 1.14 bits per heavy atom. The van der Waals surface area contributed by atoms with Gasteiger partial charge in [-0.1, -0.05) is 18.2 Å². The minimum Gasteiger partial charge on any atom is -0.491 e. The average Bonchev–Trinajstić information content (AvgIpc) is 3.41. The summed E-state index contributed by atoms with van der Waals surface area (Å²) in [7, 11) is 0. The Labute approximate surface area is 208 Å². The number of nitrogen functional groups attached to an aromatic ring is 1. The Morgan fingerprint density at radius 2 is 1.86 bits per heavy atom. The lowest BCUT2D eigenvalue weighted by atomic mass is 9.70. The molecule has 9 heteroatoms. The molecular formula is C26H31N5O3S. The Hall–Kier alpha value is -2.98. The lowest BCUT2D eigenvalue weighted by Crippen LogP contribution is -2.52. The fraction of sp³-hybridized carbons (Fsp3) is 0.385. The third-order valence-corrected chi connectivity index (χ3v) is 8.34.